The SMILES string of the molecule is CCNC(=O)C(Cc1ccccc1)N(Cc1ccc(Br)cc1)C(=O)CN(c1cccc(C)c1C)S(=O)(=O)c1ccccc1. The smallest absolute Gasteiger partial charge is 0.264 e. The van der Waals surface area contributed by atoms with Crippen LogP contribution in [-0.2, 0) is 32.6 Å². The molecular weight excluding hydrogens is 626 g/mol. The number of carbonyl (C=O) groups is 2. The summed E-state index contributed by atoms with van der Waals surface area (Å²) >= 11 is 3.45. The highest BCUT2D eigenvalue weighted by atomic mass is 79.9. The number of anilines is 1. The number of hydrogen-bond donors (Lipinski definition) is 1. The van der Waals surface area contributed by atoms with E-state index in [0.717, 1.165) is 26.7 Å². The predicted octanol–water partition coefficient (Wildman–Crippen LogP) is 6.04. The molecule has 7 nitrogen and oxygen atoms in total. The zero-order valence-electron chi connectivity index (χ0n) is 24.5. The predicted molar refractivity (Wildman–Crippen MR) is 174 cm³/mol. The number of hydrogen-bond acceptors (Lipinski definition) is 4. The van der Waals surface area contributed by atoms with Crippen molar-refractivity contribution in [2.45, 2.75) is 44.7 Å². The first-order chi connectivity index (χ1) is 20.6. The van der Waals surface area contributed by atoms with Gasteiger partial charge in [0.15, 0.2) is 0 Å². The lowest BCUT2D eigenvalue weighted by molar-refractivity contribution is -0.140. The zero-order valence-corrected chi connectivity index (χ0v) is 26.9. The number of amides is 2. The fraction of sp³-hybridized carbons (Fsp3) is 0.235. The van der Waals surface area contributed by atoms with Gasteiger partial charge in [-0.15, -0.1) is 0 Å². The van der Waals surface area contributed by atoms with Gasteiger partial charge in [0.05, 0.1) is 10.6 Å². The zero-order chi connectivity index (χ0) is 31.0. The fourth-order valence-corrected chi connectivity index (χ4v) is 6.63. The average Bonchev–Trinajstić information content (AvgIpc) is 3.01. The fourth-order valence-electron chi connectivity index (χ4n) is 4.87. The van der Waals surface area contributed by atoms with Gasteiger partial charge in [-0.3, -0.25) is 13.9 Å². The van der Waals surface area contributed by atoms with Crippen molar-refractivity contribution >= 4 is 43.5 Å². The van der Waals surface area contributed by atoms with Crippen molar-refractivity contribution in [2.75, 3.05) is 17.4 Å². The van der Waals surface area contributed by atoms with E-state index in [4.69, 9.17) is 0 Å². The Kier molecular flexibility index (Phi) is 10.8. The van der Waals surface area contributed by atoms with Crippen molar-refractivity contribution in [3.05, 3.63) is 130 Å². The van der Waals surface area contributed by atoms with E-state index in [2.05, 4.69) is 21.2 Å². The molecule has 0 radical (unpaired) electrons. The minimum absolute atomic E-state index is 0.0766. The van der Waals surface area contributed by atoms with E-state index in [1.807, 2.05) is 81.4 Å². The van der Waals surface area contributed by atoms with Crippen LogP contribution in [0, 0.1) is 13.8 Å². The molecule has 4 aromatic carbocycles. The number of benzene rings is 4. The highest BCUT2D eigenvalue weighted by Crippen LogP contribution is 2.29. The Hall–Kier alpha value is -3.95. The van der Waals surface area contributed by atoms with Gasteiger partial charge in [0.1, 0.15) is 12.6 Å². The molecule has 0 heterocycles. The number of nitrogens with one attached hydrogen (secondary N) is 1. The average molecular weight is 663 g/mol. The molecule has 4 rings (SSSR count). The lowest BCUT2D eigenvalue weighted by Crippen LogP contribution is -2.53. The standard InChI is InChI=1S/C34H36BrN3O4S/c1-4-36-34(40)32(22-27-13-7-5-8-14-27)37(23-28-18-20-29(35)21-19-28)33(39)24-38(31-17-11-12-25(2)26(31)3)43(41,42)30-15-9-6-10-16-30/h5-21,32H,4,22-24H2,1-3H3,(H,36,40). The van der Waals surface area contributed by atoms with Crippen LogP contribution in [0.1, 0.15) is 29.2 Å². The quantitative estimate of drug-likeness (QED) is 0.201. The summed E-state index contributed by atoms with van der Waals surface area (Å²) in [5, 5.41) is 2.88. The molecule has 0 spiro atoms. The lowest BCUT2D eigenvalue weighted by Gasteiger charge is -2.34. The molecule has 0 saturated carbocycles. The third-order valence-electron chi connectivity index (χ3n) is 7.34. The maximum atomic E-state index is 14.4. The first kappa shape index (κ1) is 32.0. The van der Waals surface area contributed by atoms with Crippen molar-refractivity contribution in [3.63, 3.8) is 0 Å². The minimum Gasteiger partial charge on any atom is -0.355 e. The molecule has 0 aliphatic heterocycles. The third-order valence-corrected chi connectivity index (χ3v) is 9.65. The van der Waals surface area contributed by atoms with Crippen LogP contribution in [0.4, 0.5) is 5.69 Å². The second-order valence-electron chi connectivity index (χ2n) is 10.3. The second kappa shape index (κ2) is 14.5. The molecule has 0 aliphatic carbocycles. The molecule has 1 atom stereocenters. The van der Waals surface area contributed by atoms with Crippen molar-refractivity contribution in [2.24, 2.45) is 0 Å². The Balaban J connectivity index is 1.81. The van der Waals surface area contributed by atoms with E-state index in [-0.39, 0.29) is 23.8 Å². The van der Waals surface area contributed by atoms with Crippen LogP contribution in [0.15, 0.2) is 112 Å². The Bertz CT molecular complexity index is 1650. The highest BCUT2D eigenvalue weighted by molar-refractivity contribution is 9.10. The molecule has 0 aliphatic rings. The normalized spacial score (nSPS) is 11.9. The third kappa shape index (κ3) is 7.91. The molecule has 0 aromatic heterocycles. The molecule has 9 heteroatoms. The Morgan fingerprint density at radius 2 is 1.44 bits per heavy atom. The van der Waals surface area contributed by atoms with Gasteiger partial charge in [0.25, 0.3) is 10.0 Å². The molecule has 4 aromatic rings. The summed E-state index contributed by atoms with van der Waals surface area (Å²) in [5.41, 5.74) is 3.75. The molecule has 0 saturated heterocycles. The van der Waals surface area contributed by atoms with E-state index >= 15 is 0 Å². The van der Waals surface area contributed by atoms with Gasteiger partial charge >= 0.3 is 0 Å². The van der Waals surface area contributed by atoms with Gasteiger partial charge in [-0.05, 0) is 73.4 Å². The van der Waals surface area contributed by atoms with Crippen molar-refractivity contribution < 1.29 is 18.0 Å². The summed E-state index contributed by atoms with van der Waals surface area (Å²) in [6.07, 6.45) is 0.268. The van der Waals surface area contributed by atoms with E-state index in [0.29, 0.717) is 12.2 Å². The van der Waals surface area contributed by atoms with Gasteiger partial charge in [0.2, 0.25) is 11.8 Å². The topological polar surface area (TPSA) is 86.8 Å². The molecule has 43 heavy (non-hydrogen) atoms. The maximum Gasteiger partial charge on any atom is 0.264 e. The van der Waals surface area contributed by atoms with E-state index < -0.39 is 28.5 Å². The first-order valence-corrected chi connectivity index (χ1v) is 16.3. The Labute approximate surface area is 262 Å². The van der Waals surface area contributed by atoms with E-state index in [9.17, 15) is 18.0 Å². The number of nitrogens with zero attached hydrogens (tertiary/aromatic N) is 2. The summed E-state index contributed by atoms with van der Waals surface area (Å²) in [7, 11) is -4.14. The number of carbonyl (C=O) groups excluding carboxylic acids is 2. The number of aryl methyl sites for hydroxylation is 1. The summed E-state index contributed by atoms with van der Waals surface area (Å²) in [6, 6.07) is 29.6. The lowest BCUT2D eigenvalue weighted by atomic mass is 10.0. The monoisotopic (exact) mass is 661 g/mol. The van der Waals surface area contributed by atoms with Crippen LogP contribution in [0.3, 0.4) is 0 Å². The van der Waals surface area contributed by atoms with Gasteiger partial charge in [-0.2, -0.15) is 0 Å². The molecule has 0 bridgehead atoms. The van der Waals surface area contributed by atoms with Crippen LogP contribution < -0.4 is 9.62 Å². The maximum absolute atomic E-state index is 14.4. The number of rotatable bonds is 12. The molecule has 2 amide bonds. The van der Waals surface area contributed by atoms with E-state index in [1.165, 1.54) is 21.3 Å². The number of halogens is 1. The molecule has 1 N–H and O–H groups in total. The van der Waals surface area contributed by atoms with Crippen molar-refractivity contribution in [1.29, 1.82) is 0 Å². The van der Waals surface area contributed by atoms with Crippen LogP contribution in [0.2, 0.25) is 0 Å². The number of likely N-dealkylation sites (N-methyl/N-ethyl adjacent to an activating group) is 1. The summed E-state index contributed by atoms with van der Waals surface area (Å²) in [4.78, 5) is 29.6. The molecule has 0 fully saturated rings. The molecule has 1 unspecified atom stereocenters. The Morgan fingerprint density at radius 3 is 2.07 bits per heavy atom. The second-order valence-corrected chi connectivity index (χ2v) is 13.1. The summed E-state index contributed by atoms with van der Waals surface area (Å²) in [5.74, 6) is -0.795. The van der Waals surface area contributed by atoms with Gasteiger partial charge in [-0.1, -0.05) is 88.7 Å². The van der Waals surface area contributed by atoms with Gasteiger partial charge < -0.3 is 10.2 Å². The summed E-state index contributed by atoms with van der Waals surface area (Å²) < 4.78 is 30.3. The first-order valence-electron chi connectivity index (χ1n) is 14.1. The minimum atomic E-state index is -4.14. The van der Waals surface area contributed by atoms with Gasteiger partial charge in [0, 0.05) is 24.0 Å². The van der Waals surface area contributed by atoms with Crippen molar-refractivity contribution in [3.8, 4) is 0 Å². The van der Waals surface area contributed by atoms with Gasteiger partial charge in [-0.25, -0.2) is 8.42 Å². The molecular formula is C34H36BrN3O4S. The summed E-state index contributed by atoms with van der Waals surface area (Å²) in [6.45, 7) is 5.60. The number of sulfonamides is 1. The van der Waals surface area contributed by atoms with Crippen LogP contribution in [0.25, 0.3) is 0 Å². The van der Waals surface area contributed by atoms with Crippen molar-refractivity contribution in [1.82, 2.24) is 10.2 Å². The largest absolute Gasteiger partial charge is 0.355 e. The molecule has 224 valence electrons. The highest BCUT2D eigenvalue weighted by Gasteiger charge is 2.35. The van der Waals surface area contributed by atoms with Crippen LogP contribution in [0.5, 0.6) is 0 Å². The van der Waals surface area contributed by atoms with Crippen LogP contribution in [-0.4, -0.2) is 44.3 Å². The van der Waals surface area contributed by atoms with Crippen LogP contribution >= 0.6 is 15.9 Å². The Morgan fingerprint density at radius 1 is 0.814 bits per heavy atom. The van der Waals surface area contributed by atoms with E-state index in [1.54, 1.807) is 30.3 Å².